The second-order valence-electron chi connectivity index (χ2n) is 4.84. The van der Waals surface area contributed by atoms with Gasteiger partial charge in [-0.15, -0.1) is 0 Å². The molecular formula is C18H23N. The lowest BCUT2D eigenvalue weighted by Crippen LogP contribution is -2.15. The van der Waals surface area contributed by atoms with E-state index in [1.54, 1.807) is 0 Å². The fraction of sp³-hybridized carbons (Fsp3) is 0.333. The van der Waals surface area contributed by atoms with Crippen LogP contribution in [0.25, 0.3) is 0 Å². The number of hydrogen-bond donors (Lipinski definition) is 0. The fourth-order valence-corrected chi connectivity index (χ4v) is 2.61. The second-order valence-corrected chi connectivity index (χ2v) is 4.84. The Morgan fingerprint density at radius 2 is 1.63 bits per heavy atom. The molecule has 1 aliphatic heterocycles. The lowest BCUT2D eigenvalue weighted by molar-refractivity contribution is 0.275. The molecule has 100 valence electrons. The van der Waals surface area contributed by atoms with Crippen LogP contribution in [-0.2, 0) is 19.6 Å². The first kappa shape index (κ1) is 13.8. The SMILES string of the molecule is CC.Cc1cccc2c1CN(Cc1ccccc1)C2. The molecule has 0 amide bonds. The Morgan fingerprint density at radius 3 is 2.32 bits per heavy atom. The first-order valence-corrected chi connectivity index (χ1v) is 7.16. The van der Waals surface area contributed by atoms with Gasteiger partial charge in [0, 0.05) is 19.6 Å². The van der Waals surface area contributed by atoms with E-state index in [4.69, 9.17) is 0 Å². The smallest absolute Gasteiger partial charge is 0.0246 e. The highest BCUT2D eigenvalue weighted by Gasteiger charge is 2.19. The zero-order chi connectivity index (χ0) is 13.7. The predicted molar refractivity (Wildman–Crippen MR) is 81.9 cm³/mol. The minimum Gasteiger partial charge on any atom is -0.291 e. The molecule has 0 bridgehead atoms. The van der Waals surface area contributed by atoms with Gasteiger partial charge in [-0.25, -0.2) is 0 Å². The van der Waals surface area contributed by atoms with Crippen molar-refractivity contribution in [1.82, 2.24) is 4.90 Å². The monoisotopic (exact) mass is 253 g/mol. The molecule has 2 aromatic rings. The molecule has 3 rings (SSSR count). The third-order valence-corrected chi connectivity index (χ3v) is 3.53. The van der Waals surface area contributed by atoms with Crippen molar-refractivity contribution in [1.29, 1.82) is 0 Å². The highest BCUT2D eigenvalue weighted by molar-refractivity contribution is 5.37. The molecule has 1 heterocycles. The largest absolute Gasteiger partial charge is 0.291 e. The molecule has 2 aromatic carbocycles. The van der Waals surface area contributed by atoms with Crippen LogP contribution in [-0.4, -0.2) is 4.90 Å². The molecule has 0 saturated heterocycles. The maximum Gasteiger partial charge on any atom is 0.0246 e. The highest BCUT2D eigenvalue weighted by atomic mass is 15.1. The Balaban J connectivity index is 0.000000637. The molecule has 0 unspecified atom stereocenters. The van der Waals surface area contributed by atoms with Crippen LogP contribution in [0.4, 0.5) is 0 Å². The average Bonchev–Trinajstić information content (AvgIpc) is 2.86. The first-order chi connectivity index (χ1) is 9.33. The Hall–Kier alpha value is -1.60. The Kier molecular flexibility index (Phi) is 4.75. The second kappa shape index (κ2) is 6.53. The Morgan fingerprint density at radius 1 is 0.895 bits per heavy atom. The van der Waals surface area contributed by atoms with Crippen LogP contribution in [0.3, 0.4) is 0 Å². The molecule has 19 heavy (non-hydrogen) atoms. The van der Waals surface area contributed by atoms with Gasteiger partial charge in [0.15, 0.2) is 0 Å². The zero-order valence-corrected chi connectivity index (χ0v) is 12.2. The molecule has 0 saturated carbocycles. The third-order valence-electron chi connectivity index (χ3n) is 3.53. The number of benzene rings is 2. The maximum atomic E-state index is 2.51. The summed E-state index contributed by atoms with van der Waals surface area (Å²) in [7, 11) is 0. The first-order valence-electron chi connectivity index (χ1n) is 7.16. The van der Waals surface area contributed by atoms with Gasteiger partial charge in [-0.2, -0.15) is 0 Å². The minimum absolute atomic E-state index is 1.05. The lowest BCUT2D eigenvalue weighted by Gasteiger charge is -2.14. The number of hydrogen-bond acceptors (Lipinski definition) is 1. The molecule has 0 fully saturated rings. The molecule has 1 heteroatoms. The minimum atomic E-state index is 1.05. The van der Waals surface area contributed by atoms with Gasteiger partial charge in [0.1, 0.15) is 0 Å². The summed E-state index contributed by atoms with van der Waals surface area (Å²) in [5.74, 6) is 0. The number of fused-ring (bicyclic) bond motifs is 1. The van der Waals surface area contributed by atoms with E-state index in [0.29, 0.717) is 0 Å². The van der Waals surface area contributed by atoms with E-state index in [2.05, 4.69) is 60.4 Å². The summed E-state index contributed by atoms with van der Waals surface area (Å²) in [6.07, 6.45) is 0. The summed E-state index contributed by atoms with van der Waals surface area (Å²) in [5, 5.41) is 0. The molecule has 0 radical (unpaired) electrons. The molecular weight excluding hydrogens is 230 g/mol. The van der Waals surface area contributed by atoms with Crippen molar-refractivity contribution in [3.8, 4) is 0 Å². The molecule has 0 aromatic heterocycles. The van der Waals surface area contributed by atoms with Crippen molar-refractivity contribution in [2.75, 3.05) is 0 Å². The zero-order valence-electron chi connectivity index (χ0n) is 12.2. The van der Waals surface area contributed by atoms with E-state index >= 15 is 0 Å². The molecule has 1 nitrogen and oxygen atoms in total. The fourth-order valence-electron chi connectivity index (χ4n) is 2.61. The Labute approximate surface area is 116 Å². The van der Waals surface area contributed by atoms with Gasteiger partial charge in [0.05, 0.1) is 0 Å². The number of rotatable bonds is 2. The third kappa shape index (κ3) is 3.24. The molecule has 0 spiro atoms. The van der Waals surface area contributed by atoms with Crippen LogP contribution in [0, 0.1) is 6.92 Å². The van der Waals surface area contributed by atoms with Gasteiger partial charge in [0.25, 0.3) is 0 Å². The van der Waals surface area contributed by atoms with Crippen LogP contribution in [0.1, 0.15) is 36.1 Å². The van der Waals surface area contributed by atoms with Gasteiger partial charge < -0.3 is 0 Å². The summed E-state index contributed by atoms with van der Waals surface area (Å²) in [6, 6.07) is 17.4. The van der Waals surface area contributed by atoms with Crippen molar-refractivity contribution in [2.24, 2.45) is 0 Å². The normalized spacial score (nSPS) is 13.6. The van der Waals surface area contributed by atoms with Crippen LogP contribution in [0.2, 0.25) is 0 Å². The quantitative estimate of drug-likeness (QED) is 0.759. The standard InChI is InChI=1S/C16H17N.C2H6/c1-13-6-5-9-15-11-17(12-16(13)15)10-14-7-3-2-4-8-14;1-2/h2-9H,10-12H2,1H3;1-2H3. The molecule has 0 N–H and O–H groups in total. The van der Waals surface area contributed by atoms with E-state index < -0.39 is 0 Å². The molecule has 0 atom stereocenters. The Bertz CT molecular complexity index is 516. The summed E-state index contributed by atoms with van der Waals surface area (Å²) in [5.41, 5.74) is 5.86. The van der Waals surface area contributed by atoms with Crippen LogP contribution >= 0.6 is 0 Å². The van der Waals surface area contributed by atoms with Gasteiger partial charge >= 0.3 is 0 Å². The van der Waals surface area contributed by atoms with Crippen LogP contribution < -0.4 is 0 Å². The summed E-state index contributed by atoms with van der Waals surface area (Å²) < 4.78 is 0. The van der Waals surface area contributed by atoms with Gasteiger partial charge in [-0.05, 0) is 29.2 Å². The molecule has 1 aliphatic rings. The van der Waals surface area contributed by atoms with Crippen molar-refractivity contribution < 1.29 is 0 Å². The number of aryl methyl sites for hydroxylation is 1. The van der Waals surface area contributed by atoms with Gasteiger partial charge in [-0.3, -0.25) is 4.90 Å². The number of nitrogens with zero attached hydrogens (tertiary/aromatic N) is 1. The van der Waals surface area contributed by atoms with Crippen LogP contribution in [0.5, 0.6) is 0 Å². The van der Waals surface area contributed by atoms with Crippen molar-refractivity contribution >= 4 is 0 Å². The van der Waals surface area contributed by atoms with Crippen molar-refractivity contribution in [3.63, 3.8) is 0 Å². The highest BCUT2D eigenvalue weighted by Crippen LogP contribution is 2.26. The summed E-state index contributed by atoms with van der Waals surface area (Å²) in [4.78, 5) is 2.51. The molecule has 0 aliphatic carbocycles. The van der Waals surface area contributed by atoms with Gasteiger partial charge in [0.2, 0.25) is 0 Å². The van der Waals surface area contributed by atoms with E-state index in [1.807, 2.05) is 13.8 Å². The van der Waals surface area contributed by atoms with Gasteiger partial charge in [-0.1, -0.05) is 62.4 Å². The van der Waals surface area contributed by atoms with E-state index in [-0.39, 0.29) is 0 Å². The van der Waals surface area contributed by atoms with Crippen LogP contribution in [0.15, 0.2) is 48.5 Å². The average molecular weight is 253 g/mol. The van der Waals surface area contributed by atoms with E-state index in [0.717, 1.165) is 19.6 Å². The van der Waals surface area contributed by atoms with E-state index in [9.17, 15) is 0 Å². The summed E-state index contributed by atoms with van der Waals surface area (Å²) >= 11 is 0. The van der Waals surface area contributed by atoms with E-state index in [1.165, 1.54) is 22.3 Å². The topological polar surface area (TPSA) is 3.24 Å². The maximum absolute atomic E-state index is 2.51. The summed E-state index contributed by atoms with van der Waals surface area (Å²) in [6.45, 7) is 9.45. The van der Waals surface area contributed by atoms with Crippen molar-refractivity contribution in [3.05, 3.63) is 70.8 Å². The predicted octanol–water partition coefficient (Wildman–Crippen LogP) is 4.54. The lowest BCUT2D eigenvalue weighted by atomic mass is 10.1. The van der Waals surface area contributed by atoms with Crippen molar-refractivity contribution in [2.45, 2.75) is 40.4 Å².